The van der Waals surface area contributed by atoms with E-state index in [4.69, 9.17) is 26.5 Å². The number of nitrogens with two attached hydrogens (primary N) is 2. The number of anilines is 2. The Morgan fingerprint density at radius 1 is 1.28 bits per heavy atom. The van der Waals surface area contributed by atoms with E-state index in [0.29, 0.717) is 11.2 Å². The van der Waals surface area contributed by atoms with E-state index in [-0.39, 0.29) is 37.5 Å². The molecule has 0 saturated carbocycles. The van der Waals surface area contributed by atoms with E-state index < -0.39 is 0 Å². The van der Waals surface area contributed by atoms with Crippen LogP contribution in [0.2, 0.25) is 0 Å². The summed E-state index contributed by atoms with van der Waals surface area (Å²) < 4.78 is 1.28. The Hall–Kier alpha value is -2.13. The van der Waals surface area contributed by atoms with Crippen molar-refractivity contribution < 1.29 is 15.1 Å². The van der Waals surface area contributed by atoms with Crippen LogP contribution in [0.15, 0.2) is 6.33 Å². The zero-order valence-corrected chi connectivity index (χ0v) is 9.52. The zero-order chi connectivity index (χ0) is 13.1. The Morgan fingerprint density at radius 2 is 2.00 bits per heavy atom. The molecular formula is C9H14N6O3. The fourth-order valence-corrected chi connectivity index (χ4v) is 1.36. The third-order valence-corrected chi connectivity index (χ3v) is 2.38. The average molecular weight is 254 g/mol. The molecule has 2 heterocycles. The van der Waals surface area contributed by atoms with E-state index in [9.17, 15) is 0 Å². The summed E-state index contributed by atoms with van der Waals surface area (Å²) in [4.78, 5) is 17.1. The Bertz CT molecular complexity index is 538. The molecule has 0 aromatic carbocycles. The van der Waals surface area contributed by atoms with E-state index in [2.05, 4.69) is 15.0 Å². The van der Waals surface area contributed by atoms with Gasteiger partial charge in [-0.1, -0.05) is 0 Å². The molecule has 2 aromatic rings. The summed E-state index contributed by atoms with van der Waals surface area (Å²) in [5, 5.41) is 17.9. The van der Waals surface area contributed by atoms with Crippen LogP contribution in [0.5, 0.6) is 0 Å². The number of fused-ring (bicyclic) bond motifs is 1. The van der Waals surface area contributed by atoms with Crippen LogP contribution in [-0.4, -0.2) is 49.7 Å². The van der Waals surface area contributed by atoms with Crippen LogP contribution in [0.1, 0.15) is 0 Å². The number of aromatic nitrogens is 4. The van der Waals surface area contributed by atoms with Gasteiger partial charge in [-0.15, -0.1) is 0 Å². The smallest absolute Gasteiger partial charge is 0.224 e. The van der Waals surface area contributed by atoms with Gasteiger partial charge in [0.15, 0.2) is 11.3 Å². The summed E-state index contributed by atoms with van der Waals surface area (Å²) in [6.07, 6.45) is 1.38. The summed E-state index contributed by atoms with van der Waals surface area (Å²) >= 11 is 0. The van der Waals surface area contributed by atoms with Crippen molar-refractivity contribution in [3.05, 3.63) is 6.33 Å². The highest BCUT2D eigenvalue weighted by atomic mass is 16.7. The Morgan fingerprint density at radius 3 is 2.67 bits per heavy atom. The van der Waals surface area contributed by atoms with E-state index in [1.54, 1.807) is 0 Å². The van der Waals surface area contributed by atoms with Gasteiger partial charge >= 0.3 is 0 Å². The normalized spacial score (nSPS) is 11.3. The molecule has 0 saturated heterocycles. The van der Waals surface area contributed by atoms with Gasteiger partial charge in [0.05, 0.1) is 13.2 Å². The zero-order valence-electron chi connectivity index (χ0n) is 9.52. The standard InChI is InChI=1S/C9H14N6O3/c10-7-6-8(14-9(11)13-7)15(4-12-6)18-3-5(1-16)2-17/h4-5,16-17H,1-3H2,(H4,10,11,13,14). The molecule has 0 atom stereocenters. The Balaban J connectivity index is 2.24. The molecule has 0 amide bonds. The number of rotatable bonds is 5. The van der Waals surface area contributed by atoms with E-state index in [0.717, 1.165) is 0 Å². The van der Waals surface area contributed by atoms with Crippen molar-refractivity contribution in [2.45, 2.75) is 0 Å². The molecule has 9 nitrogen and oxygen atoms in total. The first-order valence-corrected chi connectivity index (χ1v) is 5.26. The summed E-state index contributed by atoms with van der Waals surface area (Å²) in [6.45, 7) is -0.243. The van der Waals surface area contributed by atoms with Crippen LogP contribution in [0.25, 0.3) is 11.2 Å². The molecule has 0 bridgehead atoms. The minimum absolute atomic E-state index is 0.0196. The Labute approximate surface area is 102 Å². The molecule has 0 fully saturated rings. The van der Waals surface area contributed by atoms with Crippen LogP contribution in [0.3, 0.4) is 0 Å². The molecule has 9 heteroatoms. The van der Waals surface area contributed by atoms with Gasteiger partial charge in [-0.05, 0) is 0 Å². The quantitative estimate of drug-likeness (QED) is 0.480. The van der Waals surface area contributed by atoms with Crippen molar-refractivity contribution in [2.24, 2.45) is 5.92 Å². The molecular weight excluding hydrogens is 240 g/mol. The molecule has 0 aliphatic carbocycles. The topological polar surface area (TPSA) is 145 Å². The van der Waals surface area contributed by atoms with Crippen LogP contribution in [0, 0.1) is 5.92 Å². The van der Waals surface area contributed by atoms with Crippen LogP contribution in [0.4, 0.5) is 11.8 Å². The second-order valence-electron chi connectivity index (χ2n) is 3.74. The van der Waals surface area contributed by atoms with E-state index >= 15 is 0 Å². The molecule has 2 aromatic heterocycles. The molecule has 2 rings (SSSR count). The summed E-state index contributed by atoms with van der Waals surface area (Å²) in [5.74, 6) is -0.189. The maximum atomic E-state index is 8.93. The highest BCUT2D eigenvalue weighted by Gasteiger charge is 2.12. The molecule has 18 heavy (non-hydrogen) atoms. The predicted octanol–water partition coefficient (Wildman–Crippen LogP) is -1.98. The van der Waals surface area contributed by atoms with Crippen molar-refractivity contribution >= 4 is 22.9 Å². The third-order valence-electron chi connectivity index (χ3n) is 2.38. The average Bonchev–Trinajstić information content (AvgIpc) is 2.74. The number of nitrogens with zero attached hydrogens (tertiary/aromatic N) is 4. The fraction of sp³-hybridized carbons (Fsp3) is 0.444. The number of hydrogen-bond donors (Lipinski definition) is 4. The van der Waals surface area contributed by atoms with Crippen LogP contribution >= 0.6 is 0 Å². The minimum atomic E-state index is -0.376. The lowest BCUT2D eigenvalue weighted by Crippen LogP contribution is -2.24. The third kappa shape index (κ3) is 2.26. The number of imidazole rings is 1. The lowest BCUT2D eigenvalue weighted by atomic mass is 10.2. The number of aliphatic hydroxyl groups is 2. The largest absolute Gasteiger partial charge is 0.410 e. The highest BCUT2D eigenvalue weighted by Crippen LogP contribution is 2.15. The second kappa shape index (κ2) is 5.02. The molecule has 6 N–H and O–H groups in total. The van der Waals surface area contributed by atoms with Gasteiger partial charge in [0.2, 0.25) is 11.6 Å². The van der Waals surface area contributed by atoms with Gasteiger partial charge < -0.3 is 26.5 Å². The van der Waals surface area contributed by atoms with Gasteiger partial charge in [-0.25, -0.2) is 4.98 Å². The van der Waals surface area contributed by atoms with Gasteiger partial charge in [0, 0.05) is 5.92 Å². The van der Waals surface area contributed by atoms with Crippen molar-refractivity contribution in [3.8, 4) is 0 Å². The molecule has 0 radical (unpaired) electrons. The number of nitrogen functional groups attached to an aromatic ring is 2. The van der Waals surface area contributed by atoms with Crippen LogP contribution < -0.4 is 16.3 Å². The monoisotopic (exact) mass is 254 g/mol. The summed E-state index contributed by atoms with van der Waals surface area (Å²) in [5.41, 5.74) is 11.8. The van der Waals surface area contributed by atoms with Gasteiger partial charge in [0.1, 0.15) is 12.9 Å². The fourth-order valence-electron chi connectivity index (χ4n) is 1.36. The second-order valence-corrected chi connectivity index (χ2v) is 3.74. The highest BCUT2D eigenvalue weighted by molar-refractivity contribution is 5.82. The first-order chi connectivity index (χ1) is 8.65. The van der Waals surface area contributed by atoms with Crippen molar-refractivity contribution in [1.82, 2.24) is 19.7 Å². The lowest BCUT2D eigenvalue weighted by Gasteiger charge is -2.12. The molecule has 0 spiro atoms. The number of hydrogen-bond acceptors (Lipinski definition) is 8. The first kappa shape index (κ1) is 12.3. The van der Waals surface area contributed by atoms with Crippen LogP contribution in [-0.2, 0) is 0 Å². The maximum Gasteiger partial charge on any atom is 0.224 e. The molecule has 0 aliphatic rings. The van der Waals surface area contributed by atoms with Gasteiger partial charge in [-0.3, -0.25) is 0 Å². The van der Waals surface area contributed by atoms with Crippen molar-refractivity contribution in [3.63, 3.8) is 0 Å². The molecule has 98 valence electrons. The summed E-state index contributed by atoms with van der Waals surface area (Å²) in [7, 11) is 0. The number of aliphatic hydroxyl groups excluding tert-OH is 2. The SMILES string of the molecule is Nc1nc(N)c2ncn(OCC(CO)CO)c2n1. The Kier molecular flexibility index (Phi) is 3.44. The lowest BCUT2D eigenvalue weighted by molar-refractivity contribution is 0.0388. The predicted molar refractivity (Wildman–Crippen MR) is 63.3 cm³/mol. The molecule has 0 aliphatic heterocycles. The van der Waals surface area contributed by atoms with Crippen molar-refractivity contribution in [2.75, 3.05) is 31.3 Å². The van der Waals surface area contributed by atoms with Crippen molar-refractivity contribution in [1.29, 1.82) is 0 Å². The maximum absolute atomic E-state index is 8.93. The first-order valence-electron chi connectivity index (χ1n) is 5.26. The van der Waals surface area contributed by atoms with E-state index in [1.807, 2.05) is 0 Å². The van der Waals surface area contributed by atoms with Gasteiger partial charge in [0.25, 0.3) is 0 Å². The van der Waals surface area contributed by atoms with E-state index in [1.165, 1.54) is 11.1 Å². The van der Waals surface area contributed by atoms with Gasteiger partial charge in [-0.2, -0.15) is 14.7 Å². The minimum Gasteiger partial charge on any atom is -0.410 e. The molecule has 0 unspecified atom stereocenters. The summed E-state index contributed by atoms with van der Waals surface area (Å²) in [6, 6.07) is 0.